The van der Waals surface area contributed by atoms with Crippen molar-refractivity contribution in [1.29, 1.82) is 0 Å². The Morgan fingerprint density at radius 1 is 1.59 bits per heavy atom. The first-order valence-corrected chi connectivity index (χ1v) is 4.94. The molecule has 3 N–H and O–H groups in total. The molecular weight excluding hydrogens is 224 g/mol. The number of hydrogen-bond acceptors (Lipinski definition) is 6. The molecule has 0 aliphatic rings. The quantitative estimate of drug-likeness (QED) is 0.423. The molecule has 0 fully saturated rings. The summed E-state index contributed by atoms with van der Waals surface area (Å²) < 4.78 is 6.67. The van der Waals surface area contributed by atoms with Gasteiger partial charge in [-0.1, -0.05) is 5.16 Å². The number of nitrogens with two attached hydrogens (primary N) is 1. The molecular formula is C9H12N6O2. The average Bonchev–Trinajstić information content (AvgIpc) is 2.86. The van der Waals surface area contributed by atoms with Crippen LogP contribution in [0.4, 0.5) is 0 Å². The van der Waals surface area contributed by atoms with E-state index in [-0.39, 0.29) is 5.69 Å². The fourth-order valence-electron chi connectivity index (χ4n) is 1.43. The highest BCUT2D eigenvalue weighted by Crippen LogP contribution is 2.07. The van der Waals surface area contributed by atoms with Gasteiger partial charge in [-0.3, -0.25) is 10.2 Å². The fourth-order valence-corrected chi connectivity index (χ4v) is 1.43. The van der Waals surface area contributed by atoms with Crippen molar-refractivity contribution in [1.82, 2.24) is 25.3 Å². The molecule has 0 spiro atoms. The molecule has 2 aromatic heterocycles. The summed E-state index contributed by atoms with van der Waals surface area (Å²) in [5.74, 6) is 6.45. The Morgan fingerprint density at radius 2 is 2.35 bits per heavy atom. The van der Waals surface area contributed by atoms with Crippen molar-refractivity contribution < 1.29 is 9.32 Å². The molecule has 0 aliphatic heterocycles. The van der Waals surface area contributed by atoms with Gasteiger partial charge in [0.05, 0.1) is 0 Å². The van der Waals surface area contributed by atoms with E-state index in [1.165, 1.54) is 6.07 Å². The highest BCUT2D eigenvalue weighted by atomic mass is 16.5. The summed E-state index contributed by atoms with van der Waals surface area (Å²) in [6, 6.07) is 1.51. The molecule has 8 heteroatoms. The summed E-state index contributed by atoms with van der Waals surface area (Å²) >= 11 is 0. The maximum absolute atomic E-state index is 11.2. The van der Waals surface area contributed by atoms with Crippen molar-refractivity contribution >= 4 is 5.91 Å². The Hall–Kier alpha value is -2.22. The summed E-state index contributed by atoms with van der Waals surface area (Å²) in [5.41, 5.74) is 2.11. The van der Waals surface area contributed by atoms with Crippen LogP contribution in [0.3, 0.4) is 0 Å². The highest BCUT2D eigenvalue weighted by Gasteiger charge is 2.12. The lowest BCUT2D eigenvalue weighted by Gasteiger charge is -1.97. The number of aryl methyl sites for hydroxylation is 2. The predicted molar refractivity (Wildman–Crippen MR) is 56.8 cm³/mol. The molecule has 0 aromatic carbocycles. The van der Waals surface area contributed by atoms with Crippen molar-refractivity contribution in [3.05, 3.63) is 29.2 Å². The van der Waals surface area contributed by atoms with E-state index in [4.69, 9.17) is 10.4 Å². The number of rotatable bonds is 3. The van der Waals surface area contributed by atoms with E-state index in [0.717, 1.165) is 5.82 Å². The average molecular weight is 236 g/mol. The van der Waals surface area contributed by atoms with E-state index in [1.807, 2.05) is 12.3 Å². The normalized spacial score (nSPS) is 10.5. The van der Waals surface area contributed by atoms with Gasteiger partial charge in [-0.15, -0.1) is 0 Å². The highest BCUT2D eigenvalue weighted by molar-refractivity contribution is 5.91. The first-order valence-electron chi connectivity index (χ1n) is 4.94. The number of amides is 1. The first-order chi connectivity index (χ1) is 8.10. The minimum Gasteiger partial charge on any atom is -0.359 e. The number of carbonyl (C=O) groups is 1. The van der Waals surface area contributed by atoms with Crippen LogP contribution >= 0.6 is 0 Å². The topological polar surface area (TPSA) is 112 Å². The van der Waals surface area contributed by atoms with Crippen LogP contribution < -0.4 is 11.3 Å². The molecule has 17 heavy (non-hydrogen) atoms. The summed E-state index contributed by atoms with van der Waals surface area (Å²) in [5, 5.41) is 7.76. The zero-order valence-electron chi connectivity index (χ0n) is 9.47. The van der Waals surface area contributed by atoms with E-state index in [0.29, 0.717) is 18.1 Å². The predicted octanol–water partition coefficient (Wildman–Crippen LogP) is -0.465. The smallest absolute Gasteiger partial charge is 0.287 e. The van der Waals surface area contributed by atoms with Crippen molar-refractivity contribution in [2.75, 3.05) is 0 Å². The van der Waals surface area contributed by atoms with Crippen molar-refractivity contribution in [2.24, 2.45) is 5.84 Å². The summed E-state index contributed by atoms with van der Waals surface area (Å²) in [4.78, 5) is 15.3. The number of aromatic nitrogens is 4. The second-order valence-corrected chi connectivity index (χ2v) is 3.52. The summed E-state index contributed by atoms with van der Waals surface area (Å²) in [6.07, 6.45) is 0. The van der Waals surface area contributed by atoms with Gasteiger partial charge >= 0.3 is 0 Å². The van der Waals surface area contributed by atoms with E-state index < -0.39 is 5.91 Å². The van der Waals surface area contributed by atoms with Crippen LogP contribution in [0.2, 0.25) is 0 Å². The van der Waals surface area contributed by atoms with E-state index in [1.54, 1.807) is 11.6 Å². The lowest BCUT2D eigenvalue weighted by molar-refractivity contribution is 0.0944. The Kier molecular flexibility index (Phi) is 2.88. The molecule has 0 bridgehead atoms. The van der Waals surface area contributed by atoms with Crippen LogP contribution in [-0.2, 0) is 6.54 Å². The second-order valence-electron chi connectivity index (χ2n) is 3.52. The van der Waals surface area contributed by atoms with Gasteiger partial charge in [0.1, 0.15) is 18.2 Å². The largest absolute Gasteiger partial charge is 0.359 e. The van der Waals surface area contributed by atoms with Gasteiger partial charge in [0.25, 0.3) is 5.91 Å². The monoisotopic (exact) mass is 236 g/mol. The molecule has 2 heterocycles. The van der Waals surface area contributed by atoms with Crippen molar-refractivity contribution in [3.8, 4) is 0 Å². The third-order valence-corrected chi connectivity index (χ3v) is 2.19. The maximum Gasteiger partial charge on any atom is 0.287 e. The molecule has 2 rings (SSSR count). The van der Waals surface area contributed by atoms with Crippen LogP contribution in [0, 0.1) is 13.8 Å². The van der Waals surface area contributed by atoms with Gasteiger partial charge < -0.3 is 4.52 Å². The Morgan fingerprint density at radius 3 is 2.94 bits per heavy atom. The number of carbonyl (C=O) groups excluding carboxylic acids is 1. The number of hydrazine groups is 1. The SMILES string of the molecule is Cc1nc(C)n(Cc2cc(C(=O)NN)no2)n1. The van der Waals surface area contributed by atoms with Gasteiger partial charge in [-0.05, 0) is 13.8 Å². The van der Waals surface area contributed by atoms with Gasteiger partial charge in [0.15, 0.2) is 11.5 Å². The van der Waals surface area contributed by atoms with Gasteiger partial charge in [0.2, 0.25) is 0 Å². The molecule has 1 amide bonds. The molecule has 0 radical (unpaired) electrons. The molecule has 0 atom stereocenters. The lowest BCUT2D eigenvalue weighted by Crippen LogP contribution is -2.30. The Bertz CT molecular complexity index is 543. The molecule has 8 nitrogen and oxygen atoms in total. The van der Waals surface area contributed by atoms with Crippen molar-refractivity contribution in [3.63, 3.8) is 0 Å². The maximum atomic E-state index is 11.2. The van der Waals surface area contributed by atoms with Gasteiger partial charge in [0, 0.05) is 6.07 Å². The van der Waals surface area contributed by atoms with E-state index in [9.17, 15) is 4.79 Å². The third-order valence-electron chi connectivity index (χ3n) is 2.19. The number of nitrogens with zero attached hydrogens (tertiary/aromatic N) is 4. The van der Waals surface area contributed by atoms with Gasteiger partial charge in [-0.25, -0.2) is 15.5 Å². The molecule has 90 valence electrons. The van der Waals surface area contributed by atoms with Crippen LogP contribution in [0.25, 0.3) is 0 Å². The number of hydrogen-bond donors (Lipinski definition) is 2. The fraction of sp³-hybridized carbons (Fsp3) is 0.333. The molecule has 0 saturated carbocycles. The standard InChI is InChI=1S/C9H12N6O2/c1-5-11-6(2)15(13-5)4-7-3-8(14-17-7)9(16)12-10/h3H,4,10H2,1-2H3,(H,12,16). The first kappa shape index (κ1) is 11.3. The molecule has 0 saturated heterocycles. The van der Waals surface area contributed by atoms with Crippen LogP contribution in [0.5, 0.6) is 0 Å². The van der Waals surface area contributed by atoms with Crippen LogP contribution in [0.15, 0.2) is 10.6 Å². The molecule has 0 aliphatic carbocycles. The van der Waals surface area contributed by atoms with E-state index in [2.05, 4.69) is 15.2 Å². The third kappa shape index (κ3) is 2.31. The van der Waals surface area contributed by atoms with Crippen molar-refractivity contribution in [2.45, 2.75) is 20.4 Å². The minimum absolute atomic E-state index is 0.136. The number of nitrogen functional groups attached to an aromatic ring is 1. The number of nitrogens with one attached hydrogen (secondary N) is 1. The van der Waals surface area contributed by atoms with Gasteiger partial charge in [-0.2, -0.15) is 5.10 Å². The second kappa shape index (κ2) is 4.34. The molecule has 2 aromatic rings. The molecule has 0 unspecified atom stereocenters. The van der Waals surface area contributed by atoms with Crippen LogP contribution in [-0.4, -0.2) is 25.8 Å². The minimum atomic E-state index is -0.494. The summed E-state index contributed by atoms with van der Waals surface area (Å²) in [6.45, 7) is 4.01. The lowest BCUT2D eigenvalue weighted by atomic mass is 10.3. The zero-order valence-corrected chi connectivity index (χ0v) is 9.47. The Balaban J connectivity index is 2.17. The zero-order chi connectivity index (χ0) is 12.4. The van der Waals surface area contributed by atoms with E-state index >= 15 is 0 Å². The van der Waals surface area contributed by atoms with Crippen LogP contribution in [0.1, 0.15) is 27.9 Å². The summed E-state index contributed by atoms with van der Waals surface area (Å²) in [7, 11) is 0. The Labute approximate surface area is 96.8 Å².